The van der Waals surface area contributed by atoms with Gasteiger partial charge in [0.2, 0.25) is 0 Å². The zero-order valence-corrected chi connectivity index (χ0v) is 14.1. The third-order valence-corrected chi connectivity index (χ3v) is 4.22. The van der Waals surface area contributed by atoms with Gasteiger partial charge < -0.3 is 9.15 Å². The van der Waals surface area contributed by atoms with Crippen molar-refractivity contribution in [1.82, 2.24) is 4.90 Å². The second kappa shape index (κ2) is 6.41. The summed E-state index contributed by atoms with van der Waals surface area (Å²) in [5, 5.41) is 0.880. The van der Waals surface area contributed by atoms with E-state index in [9.17, 15) is 9.59 Å². The van der Waals surface area contributed by atoms with Crippen molar-refractivity contribution in [1.29, 1.82) is 0 Å². The molecule has 2 aromatic carbocycles. The summed E-state index contributed by atoms with van der Waals surface area (Å²) in [6, 6.07) is 14.1. The molecule has 0 radical (unpaired) electrons. The normalized spacial score (nSPS) is 12.9. The summed E-state index contributed by atoms with van der Waals surface area (Å²) in [5.41, 5.74) is 1.50. The summed E-state index contributed by atoms with van der Waals surface area (Å²) in [6.45, 7) is 2.16. The van der Waals surface area contributed by atoms with E-state index in [1.165, 1.54) is 4.90 Å². The molecule has 0 N–H and O–H groups in total. The van der Waals surface area contributed by atoms with E-state index < -0.39 is 0 Å². The summed E-state index contributed by atoms with van der Waals surface area (Å²) in [4.78, 5) is 26.1. The van der Waals surface area contributed by atoms with Crippen LogP contribution in [0.15, 0.2) is 52.9 Å². The van der Waals surface area contributed by atoms with Crippen molar-refractivity contribution >= 4 is 22.8 Å². The Kier molecular flexibility index (Phi) is 3.94. The highest BCUT2D eigenvalue weighted by molar-refractivity contribution is 6.21. The lowest BCUT2D eigenvalue weighted by Crippen LogP contribution is -2.28. The van der Waals surface area contributed by atoms with Crippen molar-refractivity contribution in [3.63, 3.8) is 0 Å². The number of benzene rings is 2. The van der Waals surface area contributed by atoms with Crippen molar-refractivity contribution in [3.05, 3.63) is 65.4 Å². The molecule has 0 atom stereocenters. The third-order valence-electron chi connectivity index (χ3n) is 4.22. The molecule has 0 saturated carbocycles. The van der Waals surface area contributed by atoms with Crippen LogP contribution in [0.4, 0.5) is 0 Å². The van der Waals surface area contributed by atoms with Gasteiger partial charge in [0.25, 0.3) is 11.8 Å². The molecule has 0 unspecified atom stereocenters. The first-order valence-electron chi connectivity index (χ1n) is 8.17. The highest BCUT2D eigenvalue weighted by Crippen LogP contribution is 2.28. The maximum atomic E-state index is 12.5. The molecule has 0 fully saturated rings. The monoisotopic (exact) mass is 345 g/mol. The van der Waals surface area contributed by atoms with Gasteiger partial charge in [-0.1, -0.05) is 18.1 Å². The van der Waals surface area contributed by atoms with Gasteiger partial charge in [-0.15, -0.1) is 5.92 Å². The molecular formula is C21H15NO4. The number of furan rings is 1. The van der Waals surface area contributed by atoms with Crippen LogP contribution in [0.25, 0.3) is 11.0 Å². The minimum absolute atomic E-state index is 0.0958. The molecule has 1 aliphatic heterocycles. The minimum Gasteiger partial charge on any atom is -0.481 e. The maximum Gasteiger partial charge on any atom is 0.261 e. The lowest BCUT2D eigenvalue weighted by Gasteiger charge is -2.11. The van der Waals surface area contributed by atoms with Gasteiger partial charge in [0, 0.05) is 11.5 Å². The SMILES string of the molecule is CC#CCOc1ccc2cc(CN3C(=O)c4ccccc4C3=O)oc2c1. The summed E-state index contributed by atoms with van der Waals surface area (Å²) < 4.78 is 11.3. The highest BCUT2D eigenvalue weighted by Gasteiger charge is 2.35. The van der Waals surface area contributed by atoms with Gasteiger partial charge in [-0.3, -0.25) is 14.5 Å². The van der Waals surface area contributed by atoms with E-state index in [1.54, 1.807) is 37.3 Å². The molecule has 5 nitrogen and oxygen atoms in total. The molecule has 5 heteroatoms. The van der Waals surface area contributed by atoms with Crippen LogP contribution in [0, 0.1) is 11.8 Å². The predicted octanol–water partition coefficient (Wildman–Crippen LogP) is 3.63. The molecule has 1 aromatic heterocycles. The highest BCUT2D eigenvalue weighted by atomic mass is 16.5. The van der Waals surface area contributed by atoms with Gasteiger partial charge in [-0.2, -0.15) is 0 Å². The number of imide groups is 1. The van der Waals surface area contributed by atoms with Crippen LogP contribution in [-0.4, -0.2) is 23.3 Å². The lowest BCUT2D eigenvalue weighted by molar-refractivity contribution is 0.0632. The quantitative estimate of drug-likeness (QED) is 0.535. The van der Waals surface area contributed by atoms with Crippen LogP contribution >= 0.6 is 0 Å². The zero-order valence-electron chi connectivity index (χ0n) is 14.1. The van der Waals surface area contributed by atoms with Gasteiger partial charge in [0.15, 0.2) is 0 Å². The predicted molar refractivity (Wildman–Crippen MR) is 95.8 cm³/mol. The van der Waals surface area contributed by atoms with Gasteiger partial charge in [-0.05, 0) is 37.3 Å². The van der Waals surface area contributed by atoms with Gasteiger partial charge in [0.05, 0.1) is 17.7 Å². The molecule has 2 amide bonds. The molecule has 0 aliphatic carbocycles. The number of carbonyl (C=O) groups is 2. The molecule has 3 aromatic rings. The van der Waals surface area contributed by atoms with Crippen LogP contribution in [0.2, 0.25) is 0 Å². The number of ether oxygens (including phenoxy) is 1. The number of fused-ring (bicyclic) bond motifs is 2. The Bertz CT molecular complexity index is 1050. The summed E-state index contributed by atoms with van der Waals surface area (Å²) in [5.74, 6) is 6.20. The van der Waals surface area contributed by atoms with Gasteiger partial charge in [-0.25, -0.2) is 0 Å². The van der Waals surface area contributed by atoms with Crippen molar-refractivity contribution < 1.29 is 18.7 Å². The number of carbonyl (C=O) groups excluding carboxylic acids is 2. The average molecular weight is 345 g/mol. The minimum atomic E-state index is -0.298. The Morgan fingerprint density at radius 3 is 2.46 bits per heavy atom. The zero-order chi connectivity index (χ0) is 18.1. The third kappa shape index (κ3) is 2.72. The molecule has 0 saturated heterocycles. The first-order chi connectivity index (χ1) is 12.7. The van der Waals surface area contributed by atoms with E-state index in [2.05, 4.69) is 11.8 Å². The van der Waals surface area contributed by atoms with E-state index in [0.29, 0.717) is 34.8 Å². The Labute approximate surface area is 150 Å². The van der Waals surface area contributed by atoms with Crippen LogP contribution in [0.5, 0.6) is 5.75 Å². The summed E-state index contributed by atoms with van der Waals surface area (Å²) in [6.07, 6.45) is 0. The van der Waals surface area contributed by atoms with Crippen LogP contribution < -0.4 is 4.74 Å². The van der Waals surface area contributed by atoms with Gasteiger partial charge >= 0.3 is 0 Å². The molecule has 4 rings (SSSR count). The Morgan fingerprint density at radius 1 is 1.04 bits per heavy atom. The largest absolute Gasteiger partial charge is 0.481 e. The number of hydrogen-bond donors (Lipinski definition) is 0. The first-order valence-corrected chi connectivity index (χ1v) is 8.17. The van der Waals surface area contributed by atoms with E-state index in [1.807, 2.05) is 18.2 Å². The van der Waals surface area contributed by atoms with Crippen molar-refractivity contribution in [3.8, 4) is 17.6 Å². The van der Waals surface area contributed by atoms with E-state index in [-0.39, 0.29) is 18.4 Å². The smallest absolute Gasteiger partial charge is 0.261 e. The standard InChI is InChI=1S/C21H15NO4/c1-2-3-10-25-15-9-8-14-11-16(26-19(14)12-15)13-22-20(23)17-6-4-5-7-18(17)21(22)24/h4-9,11-12H,10,13H2,1H3. The Balaban J connectivity index is 1.57. The van der Waals surface area contributed by atoms with Gasteiger partial charge in [0.1, 0.15) is 23.7 Å². The lowest BCUT2D eigenvalue weighted by atomic mass is 10.1. The molecule has 0 bridgehead atoms. The van der Waals surface area contributed by atoms with Crippen molar-refractivity contribution in [2.75, 3.05) is 6.61 Å². The fourth-order valence-electron chi connectivity index (χ4n) is 2.96. The van der Waals surface area contributed by atoms with Crippen molar-refractivity contribution in [2.24, 2.45) is 0 Å². The Morgan fingerprint density at radius 2 is 1.77 bits per heavy atom. The first kappa shape index (κ1) is 16.0. The van der Waals surface area contributed by atoms with Crippen LogP contribution in [0.3, 0.4) is 0 Å². The fraction of sp³-hybridized carbons (Fsp3) is 0.143. The van der Waals surface area contributed by atoms with E-state index in [0.717, 1.165) is 5.39 Å². The number of rotatable bonds is 4. The molecule has 1 aliphatic rings. The Hall–Kier alpha value is -3.52. The van der Waals surface area contributed by atoms with E-state index in [4.69, 9.17) is 9.15 Å². The molecular weight excluding hydrogens is 330 g/mol. The summed E-state index contributed by atoms with van der Waals surface area (Å²) >= 11 is 0. The molecule has 128 valence electrons. The second-order valence-corrected chi connectivity index (χ2v) is 5.87. The van der Waals surface area contributed by atoms with Crippen LogP contribution in [-0.2, 0) is 6.54 Å². The molecule has 26 heavy (non-hydrogen) atoms. The molecule has 0 spiro atoms. The fourth-order valence-corrected chi connectivity index (χ4v) is 2.96. The maximum absolute atomic E-state index is 12.5. The average Bonchev–Trinajstić information content (AvgIpc) is 3.16. The van der Waals surface area contributed by atoms with Crippen LogP contribution in [0.1, 0.15) is 33.4 Å². The van der Waals surface area contributed by atoms with Crippen molar-refractivity contribution in [2.45, 2.75) is 13.5 Å². The summed E-state index contributed by atoms with van der Waals surface area (Å²) in [7, 11) is 0. The number of amides is 2. The molecule has 2 heterocycles. The van der Waals surface area contributed by atoms with E-state index >= 15 is 0 Å². The topological polar surface area (TPSA) is 59.8 Å². The number of nitrogens with zero attached hydrogens (tertiary/aromatic N) is 1. The number of hydrogen-bond acceptors (Lipinski definition) is 4. The second-order valence-electron chi connectivity index (χ2n) is 5.87.